The van der Waals surface area contributed by atoms with Crippen molar-refractivity contribution in [2.45, 2.75) is 17.2 Å². The molecule has 0 aliphatic carbocycles. The Labute approximate surface area is 291 Å². The van der Waals surface area contributed by atoms with Crippen molar-refractivity contribution in [3.8, 4) is 17.6 Å². The third-order valence-electron chi connectivity index (χ3n) is 7.81. The first-order valence-electron chi connectivity index (χ1n) is 14.8. The Morgan fingerprint density at radius 3 is 2.04 bits per heavy atom. The van der Waals surface area contributed by atoms with Gasteiger partial charge in [0.05, 0.1) is 16.7 Å². The Bertz CT molecular complexity index is 2020. The zero-order chi connectivity index (χ0) is 33.7. The van der Waals surface area contributed by atoms with Gasteiger partial charge in [-0.2, -0.15) is 5.26 Å². The average Bonchev–Trinajstić information content (AvgIpc) is 3.56. The van der Waals surface area contributed by atoms with E-state index in [1.807, 2.05) is 71.5 Å². The normalized spacial score (nSPS) is 11.1. The minimum absolute atomic E-state index is 0.0171. The summed E-state index contributed by atoms with van der Waals surface area (Å²) in [5, 5.41) is 12.9. The molecule has 10 heteroatoms. The number of amides is 1. The summed E-state index contributed by atoms with van der Waals surface area (Å²) in [6, 6.07) is 39.5. The summed E-state index contributed by atoms with van der Waals surface area (Å²) in [6.45, 7) is -0.167. The van der Waals surface area contributed by atoms with E-state index in [-0.39, 0.29) is 44.9 Å². The quantitative estimate of drug-likeness (QED) is 0.114. The van der Waals surface area contributed by atoms with Crippen molar-refractivity contribution in [2.75, 3.05) is 6.26 Å². The number of rotatable bonds is 10. The third-order valence-corrected chi connectivity index (χ3v) is 8.98. The van der Waals surface area contributed by atoms with Gasteiger partial charge in [0.15, 0.2) is 16.7 Å². The average molecular weight is 694 g/mol. The molecule has 0 saturated heterocycles. The van der Waals surface area contributed by atoms with Gasteiger partial charge in [-0.15, -0.1) is 0 Å². The highest BCUT2D eigenvalue weighted by Crippen LogP contribution is 2.43. The van der Waals surface area contributed by atoms with Gasteiger partial charge < -0.3 is 14.6 Å². The van der Waals surface area contributed by atoms with Crippen molar-refractivity contribution in [1.29, 1.82) is 5.26 Å². The molecule has 0 radical (unpaired) electrons. The molecule has 6 aromatic rings. The summed E-state index contributed by atoms with van der Waals surface area (Å²) in [5.74, 6) is -1.35. The highest BCUT2D eigenvalue weighted by Gasteiger charge is 2.40. The lowest BCUT2D eigenvalue weighted by Crippen LogP contribution is -2.38. The van der Waals surface area contributed by atoms with Crippen molar-refractivity contribution in [1.82, 2.24) is 14.9 Å². The van der Waals surface area contributed by atoms with Crippen molar-refractivity contribution in [3.05, 3.63) is 177 Å². The van der Waals surface area contributed by atoms with Crippen LogP contribution in [0.5, 0.6) is 11.5 Å². The maximum atomic E-state index is 15.7. The minimum Gasteiger partial charge on any atom is -0.453 e. The van der Waals surface area contributed by atoms with Crippen molar-refractivity contribution in [3.63, 3.8) is 0 Å². The van der Waals surface area contributed by atoms with E-state index in [9.17, 15) is 10.1 Å². The molecule has 0 unspecified atom stereocenters. The molecule has 6 nitrogen and oxygen atoms in total. The van der Waals surface area contributed by atoms with Gasteiger partial charge in [-0.3, -0.25) is 4.79 Å². The van der Waals surface area contributed by atoms with Gasteiger partial charge in [0.1, 0.15) is 17.0 Å². The Morgan fingerprint density at radius 1 is 0.917 bits per heavy atom. The van der Waals surface area contributed by atoms with E-state index in [1.54, 1.807) is 6.20 Å². The molecule has 5 aromatic carbocycles. The predicted molar refractivity (Wildman–Crippen MR) is 187 cm³/mol. The summed E-state index contributed by atoms with van der Waals surface area (Å²) >= 11 is 13.8. The van der Waals surface area contributed by atoms with Crippen LogP contribution in [0.4, 0.5) is 4.39 Å². The number of halogens is 3. The molecule has 0 bridgehead atoms. The highest BCUT2D eigenvalue weighted by molar-refractivity contribution is 7.98. The van der Waals surface area contributed by atoms with Crippen LogP contribution >= 0.6 is 35.0 Å². The van der Waals surface area contributed by atoms with Crippen LogP contribution in [-0.2, 0) is 12.1 Å². The molecule has 0 aliphatic rings. The highest BCUT2D eigenvalue weighted by atomic mass is 35.5. The molecule has 1 heterocycles. The molecule has 6 rings (SSSR count). The monoisotopic (exact) mass is 692 g/mol. The number of carbonyl (C=O) groups is 1. The van der Waals surface area contributed by atoms with E-state index >= 15 is 4.39 Å². The fourth-order valence-electron chi connectivity index (χ4n) is 5.69. The van der Waals surface area contributed by atoms with Gasteiger partial charge in [-0.25, -0.2) is 9.37 Å². The van der Waals surface area contributed by atoms with Crippen LogP contribution in [-0.4, -0.2) is 21.7 Å². The van der Waals surface area contributed by atoms with E-state index < -0.39 is 17.3 Å². The number of aromatic nitrogens is 2. The fourth-order valence-corrected chi connectivity index (χ4v) is 6.67. The van der Waals surface area contributed by atoms with Gasteiger partial charge >= 0.3 is 0 Å². The van der Waals surface area contributed by atoms with E-state index in [4.69, 9.17) is 32.9 Å². The summed E-state index contributed by atoms with van der Waals surface area (Å²) in [4.78, 5) is 18.4. The van der Waals surface area contributed by atoms with Crippen molar-refractivity contribution in [2.24, 2.45) is 0 Å². The number of nitrogens with zero attached hydrogens (tertiary/aromatic N) is 3. The molecule has 238 valence electrons. The molecule has 1 aromatic heterocycles. The van der Waals surface area contributed by atoms with E-state index in [0.29, 0.717) is 5.16 Å². The van der Waals surface area contributed by atoms with E-state index in [1.165, 1.54) is 42.1 Å². The second-order valence-electron chi connectivity index (χ2n) is 10.7. The Morgan fingerprint density at radius 2 is 1.50 bits per heavy atom. The van der Waals surface area contributed by atoms with Gasteiger partial charge in [0.25, 0.3) is 5.91 Å². The fraction of sp³-hybridized carbons (Fsp3) is 0.0789. The first-order valence-corrected chi connectivity index (χ1v) is 16.8. The maximum Gasteiger partial charge on any atom is 0.271 e. The molecule has 0 spiro atoms. The van der Waals surface area contributed by atoms with Crippen LogP contribution < -0.4 is 10.1 Å². The Hall–Kier alpha value is -5.07. The van der Waals surface area contributed by atoms with Crippen LogP contribution in [0.2, 0.25) is 10.0 Å². The second-order valence-corrected chi connectivity index (χ2v) is 12.3. The van der Waals surface area contributed by atoms with E-state index in [2.05, 4.69) is 41.7 Å². The molecule has 1 amide bonds. The maximum absolute atomic E-state index is 15.7. The van der Waals surface area contributed by atoms with Crippen LogP contribution in [0.1, 0.15) is 38.3 Å². The number of hydrogen-bond donors (Lipinski definition) is 1. The number of thioether (sulfide) groups is 1. The lowest BCUT2D eigenvalue weighted by molar-refractivity contribution is 0.0945. The van der Waals surface area contributed by atoms with Crippen LogP contribution in [0.15, 0.2) is 133 Å². The number of imidazole rings is 1. The second kappa shape index (κ2) is 14.4. The summed E-state index contributed by atoms with van der Waals surface area (Å²) in [5.41, 5.74) is 2.64. The zero-order valence-electron chi connectivity index (χ0n) is 25.5. The number of nitrogens with one attached hydrogen (secondary N) is 1. The van der Waals surface area contributed by atoms with Crippen LogP contribution in [0.25, 0.3) is 0 Å². The lowest BCUT2D eigenvalue weighted by atomic mass is 9.77. The largest absolute Gasteiger partial charge is 0.453 e. The zero-order valence-corrected chi connectivity index (χ0v) is 27.9. The van der Waals surface area contributed by atoms with E-state index in [0.717, 1.165) is 16.7 Å². The Kier molecular flexibility index (Phi) is 9.83. The number of hydrogen-bond acceptors (Lipinski definition) is 5. The van der Waals surface area contributed by atoms with Crippen molar-refractivity contribution < 1.29 is 13.9 Å². The number of carbonyl (C=O) groups excluding carboxylic acids is 1. The molecule has 0 atom stereocenters. The molecule has 0 aliphatic heterocycles. The van der Waals surface area contributed by atoms with Crippen molar-refractivity contribution >= 4 is 40.9 Å². The summed E-state index contributed by atoms with van der Waals surface area (Å²) < 4.78 is 23.5. The number of nitriles is 1. The first kappa shape index (κ1) is 32.9. The van der Waals surface area contributed by atoms with Gasteiger partial charge in [-0.1, -0.05) is 132 Å². The minimum atomic E-state index is -0.867. The topological polar surface area (TPSA) is 79.9 Å². The molecule has 0 fully saturated rings. The third kappa shape index (κ3) is 6.41. The molecule has 0 saturated carbocycles. The lowest BCUT2D eigenvalue weighted by Gasteiger charge is -2.38. The van der Waals surface area contributed by atoms with Crippen LogP contribution in [0, 0.1) is 17.1 Å². The SMILES string of the molecule is CSc1nc(C(=O)NCc2ccc(Cl)c(Oc3cc(Cl)cc(C#N)c3)c2F)cn1C(c1ccccc1)(c1ccccc1)c1ccccc1. The molecule has 1 N–H and O–H groups in total. The standard InChI is InChI=1S/C38H27Cl2FN4O2S/c1-48-37-44-33(36(46)43-23-26-17-18-32(40)35(34(26)41)47-31-20-25(22-42)19-30(39)21-31)24-45(37)38(27-11-5-2-6-12-27,28-13-7-3-8-14-28)29-15-9-4-10-16-29/h2-21,24H,23H2,1H3,(H,43,46). The number of ether oxygens (including phenoxy) is 1. The van der Waals surface area contributed by atoms with Gasteiger partial charge in [-0.05, 0) is 47.2 Å². The number of benzene rings is 5. The smallest absolute Gasteiger partial charge is 0.271 e. The first-order chi connectivity index (χ1) is 23.3. The van der Waals surface area contributed by atoms with Gasteiger partial charge in [0, 0.05) is 23.3 Å². The summed E-state index contributed by atoms with van der Waals surface area (Å²) in [6.07, 6.45) is 3.66. The van der Waals surface area contributed by atoms with Gasteiger partial charge in [0.2, 0.25) is 0 Å². The van der Waals surface area contributed by atoms with Crippen LogP contribution in [0.3, 0.4) is 0 Å². The molecule has 48 heavy (non-hydrogen) atoms. The summed E-state index contributed by atoms with van der Waals surface area (Å²) in [7, 11) is 0. The molecular formula is C38H27Cl2FN4O2S. The predicted octanol–water partition coefficient (Wildman–Crippen LogP) is 9.49. The Balaban J connectivity index is 1.36. The molecular weight excluding hydrogens is 666 g/mol.